The number of nitrogens with one attached hydrogen (secondary N) is 6. The lowest BCUT2D eigenvalue weighted by Crippen LogP contribution is -2.75. The Labute approximate surface area is 218 Å². The molecular weight excluding hydrogens is 485 g/mol. The van der Waals surface area contributed by atoms with Crippen LogP contribution in [0.3, 0.4) is 0 Å². The van der Waals surface area contributed by atoms with E-state index in [1.165, 1.54) is 62.8 Å². The van der Waals surface area contributed by atoms with Crippen molar-refractivity contribution in [2.24, 2.45) is 11.8 Å². The number of carbonyl (C=O) groups excluding carboxylic acids is 1. The van der Waals surface area contributed by atoms with Gasteiger partial charge in [0.15, 0.2) is 0 Å². The zero-order chi connectivity index (χ0) is 26.9. The van der Waals surface area contributed by atoms with E-state index in [2.05, 4.69) is 50.5 Å². The van der Waals surface area contributed by atoms with Crippen LogP contribution < -0.4 is 36.6 Å². The Morgan fingerprint density at radius 1 is 1.11 bits per heavy atom. The highest BCUT2D eigenvalue weighted by Crippen LogP contribution is 2.40. The van der Waals surface area contributed by atoms with Crippen molar-refractivity contribution in [1.82, 2.24) is 26.6 Å². The van der Waals surface area contributed by atoms with E-state index in [0.717, 1.165) is 25.9 Å². The van der Waals surface area contributed by atoms with Crippen molar-refractivity contribution in [3.05, 3.63) is 24.3 Å². The molecule has 2 amide bonds. The molecule has 0 spiro atoms. The van der Waals surface area contributed by atoms with Gasteiger partial charge in [0.25, 0.3) is 0 Å². The first-order valence-electron chi connectivity index (χ1n) is 13.5. The number of rotatable bonds is 10. The Bertz CT molecular complexity index is 831. The van der Waals surface area contributed by atoms with E-state index < -0.39 is 18.7 Å². The summed E-state index contributed by atoms with van der Waals surface area (Å²) in [4.78, 5) is 12.9. The van der Waals surface area contributed by atoms with Gasteiger partial charge in [-0.3, -0.25) is 10.6 Å². The first-order valence-corrected chi connectivity index (χ1v) is 13.5. The van der Waals surface area contributed by atoms with Crippen molar-refractivity contribution in [2.45, 2.75) is 89.6 Å². The third-order valence-electron chi connectivity index (χ3n) is 7.55. The lowest BCUT2D eigenvalue weighted by Gasteiger charge is -2.53. The molecule has 0 aromatic heterocycles. The summed E-state index contributed by atoms with van der Waals surface area (Å²) in [6, 6.07) is 4.63. The molecule has 37 heavy (non-hydrogen) atoms. The first kappa shape index (κ1) is 29.5. The predicted molar refractivity (Wildman–Crippen MR) is 139 cm³/mol. The molecule has 1 aromatic rings. The Morgan fingerprint density at radius 3 is 2.38 bits per heavy atom. The quantitative estimate of drug-likeness (QED) is 0.198. The molecule has 2 aliphatic rings. The van der Waals surface area contributed by atoms with Crippen LogP contribution in [0, 0.1) is 11.8 Å². The zero-order valence-electron chi connectivity index (χ0n) is 22.1. The second-order valence-corrected chi connectivity index (χ2v) is 10.5. The monoisotopic (exact) mass is 528 g/mol. The van der Waals surface area contributed by atoms with Crippen molar-refractivity contribution >= 4 is 11.7 Å². The van der Waals surface area contributed by atoms with Gasteiger partial charge >= 0.3 is 12.4 Å². The molecule has 3 rings (SSSR count). The summed E-state index contributed by atoms with van der Waals surface area (Å²) in [5.41, 5.74) is 0.216. The largest absolute Gasteiger partial charge is 0.573 e. The predicted octanol–water partition coefficient (Wildman–Crippen LogP) is 4.46. The van der Waals surface area contributed by atoms with E-state index >= 15 is 0 Å². The summed E-state index contributed by atoms with van der Waals surface area (Å²) in [6.07, 6.45) is 4.01. The third-order valence-corrected chi connectivity index (χ3v) is 7.55. The van der Waals surface area contributed by atoms with Crippen LogP contribution in [0.4, 0.5) is 23.7 Å². The van der Waals surface area contributed by atoms with Crippen molar-refractivity contribution in [1.29, 1.82) is 0 Å². The summed E-state index contributed by atoms with van der Waals surface area (Å²) in [7, 11) is 1.94. The average molecular weight is 529 g/mol. The molecular formula is C26H43F3N6O2. The smallest absolute Gasteiger partial charge is 0.406 e. The first-order chi connectivity index (χ1) is 17.6. The number of halogens is 3. The van der Waals surface area contributed by atoms with Crippen molar-refractivity contribution in [2.75, 3.05) is 25.5 Å². The van der Waals surface area contributed by atoms with E-state index in [-0.39, 0.29) is 17.5 Å². The second-order valence-electron chi connectivity index (χ2n) is 10.5. The molecule has 210 valence electrons. The normalized spacial score (nSPS) is 25.5. The lowest BCUT2D eigenvalue weighted by atomic mass is 9.68. The molecule has 1 saturated heterocycles. The van der Waals surface area contributed by atoms with Gasteiger partial charge in [-0.15, -0.1) is 13.2 Å². The van der Waals surface area contributed by atoms with Crippen molar-refractivity contribution in [3.8, 4) is 5.75 Å². The fourth-order valence-corrected chi connectivity index (χ4v) is 5.71. The van der Waals surface area contributed by atoms with Crippen LogP contribution >= 0.6 is 0 Å². The summed E-state index contributed by atoms with van der Waals surface area (Å²) < 4.78 is 41.1. The molecule has 1 heterocycles. The number of urea groups is 1. The minimum atomic E-state index is -4.76. The Balaban J connectivity index is 1.69. The number of alkyl halides is 3. The molecule has 1 aliphatic carbocycles. The van der Waals surface area contributed by atoms with Gasteiger partial charge < -0.3 is 26.0 Å². The SMILES string of the molecule is CNCCCNC1CC(C(C)C)(C2CCCCCC2)NC(NC(=O)Nc2ccc(OC(F)(F)F)cc2)N1. The lowest BCUT2D eigenvalue weighted by molar-refractivity contribution is -0.274. The number of hydrogen-bond donors (Lipinski definition) is 6. The fourth-order valence-electron chi connectivity index (χ4n) is 5.71. The summed E-state index contributed by atoms with van der Waals surface area (Å²) >= 11 is 0. The molecule has 2 fully saturated rings. The molecule has 3 unspecified atom stereocenters. The van der Waals surface area contributed by atoms with Crippen LogP contribution in [-0.2, 0) is 0 Å². The number of benzene rings is 1. The Hall–Kier alpha value is -2.08. The highest BCUT2D eigenvalue weighted by molar-refractivity contribution is 5.89. The second kappa shape index (κ2) is 13.6. The topological polar surface area (TPSA) is 98.5 Å². The van der Waals surface area contributed by atoms with Gasteiger partial charge in [-0.05, 0) is 81.9 Å². The van der Waals surface area contributed by atoms with E-state index in [0.29, 0.717) is 17.5 Å². The Kier molecular flexibility index (Phi) is 10.9. The zero-order valence-corrected chi connectivity index (χ0v) is 22.1. The average Bonchev–Trinajstić information content (AvgIpc) is 3.12. The van der Waals surface area contributed by atoms with Gasteiger partial charge in [-0.1, -0.05) is 39.5 Å². The van der Waals surface area contributed by atoms with Crippen LogP contribution in [0.1, 0.15) is 65.2 Å². The standard InChI is InChI=1S/C26H43F3N6O2/c1-18(2)25(19-9-6-4-5-7-10-19)17-22(31-16-8-15-30-3)33-23(35-25)34-24(36)32-20-11-13-21(14-12-20)37-26(27,28)29/h11-14,18-19,22-23,30-31,33,35H,4-10,15-17H2,1-3H3,(H2,32,34,36). The molecule has 1 saturated carbocycles. The van der Waals surface area contributed by atoms with Crippen LogP contribution in [-0.4, -0.2) is 50.5 Å². The van der Waals surface area contributed by atoms with E-state index in [9.17, 15) is 18.0 Å². The summed E-state index contributed by atoms with van der Waals surface area (Å²) in [5.74, 6) is 0.520. The highest BCUT2D eigenvalue weighted by atomic mass is 19.4. The number of carbonyl (C=O) groups is 1. The van der Waals surface area contributed by atoms with Gasteiger partial charge in [0.05, 0.1) is 6.17 Å². The van der Waals surface area contributed by atoms with Crippen LogP contribution in [0.15, 0.2) is 24.3 Å². The maximum Gasteiger partial charge on any atom is 0.573 e. The molecule has 8 nitrogen and oxygen atoms in total. The van der Waals surface area contributed by atoms with Gasteiger partial charge in [0.2, 0.25) is 0 Å². The van der Waals surface area contributed by atoms with Gasteiger partial charge in [0.1, 0.15) is 12.0 Å². The minimum Gasteiger partial charge on any atom is -0.406 e. The number of hydrogen-bond acceptors (Lipinski definition) is 6. The highest BCUT2D eigenvalue weighted by Gasteiger charge is 2.47. The number of anilines is 1. The van der Waals surface area contributed by atoms with Crippen molar-refractivity contribution in [3.63, 3.8) is 0 Å². The van der Waals surface area contributed by atoms with Crippen LogP contribution in [0.5, 0.6) is 5.75 Å². The molecule has 1 aliphatic heterocycles. The summed E-state index contributed by atoms with van der Waals surface area (Å²) in [6.45, 7) is 6.28. The van der Waals surface area contributed by atoms with Crippen molar-refractivity contribution < 1.29 is 22.7 Å². The number of ether oxygens (including phenoxy) is 1. The Morgan fingerprint density at radius 2 is 1.78 bits per heavy atom. The molecule has 11 heteroatoms. The van der Waals surface area contributed by atoms with Gasteiger partial charge in [0, 0.05) is 11.2 Å². The molecule has 1 aromatic carbocycles. The van der Waals surface area contributed by atoms with Gasteiger partial charge in [-0.2, -0.15) is 0 Å². The van der Waals surface area contributed by atoms with E-state index in [1.54, 1.807) is 0 Å². The van der Waals surface area contributed by atoms with E-state index in [1.807, 2.05) is 7.05 Å². The maximum atomic E-state index is 12.9. The minimum absolute atomic E-state index is 0.0212. The summed E-state index contributed by atoms with van der Waals surface area (Å²) in [5, 5.41) is 19.7. The third kappa shape index (κ3) is 9.01. The number of amides is 2. The molecule has 0 bridgehead atoms. The molecule has 0 radical (unpaired) electrons. The van der Waals surface area contributed by atoms with Crippen LogP contribution in [0.2, 0.25) is 0 Å². The van der Waals surface area contributed by atoms with Gasteiger partial charge in [-0.25, -0.2) is 4.79 Å². The fraction of sp³-hybridized carbons (Fsp3) is 0.731. The molecule has 6 N–H and O–H groups in total. The maximum absolute atomic E-state index is 12.9. The van der Waals surface area contributed by atoms with Crippen LogP contribution in [0.25, 0.3) is 0 Å². The molecule has 3 atom stereocenters. The van der Waals surface area contributed by atoms with E-state index in [4.69, 9.17) is 0 Å².